The highest BCUT2D eigenvalue weighted by Crippen LogP contribution is 2.39. The van der Waals surface area contributed by atoms with E-state index >= 15 is 0 Å². The Balaban J connectivity index is 1.62. The van der Waals surface area contributed by atoms with Crippen LogP contribution in [0.1, 0.15) is 60.0 Å². The number of benzene rings is 2. The average Bonchev–Trinajstić information content (AvgIpc) is 3.63. The second-order valence-corrected chi connectivity index (χ2v) is 9.63. The van der Waals surface area contributed by atoms with Crippen LogP contribution in [0.3, 0.4) is 0 Å². The average molecular weight is 430 g/mol. The molecule has 2 aliphatic rings. The third-order valence-corrected chi connectivity index (χ3v) is 7.03. The van der Waals surface area contributed by atoms with Crippen LogP contribution >= 0.6 is 0 Å². The lowest BCUT2D eigenvalue weighted by molar-refractivity contribution is 0.0968. The molecule has 2 fully saturated rings. The van der Waals surface area contributed by atoms with E-state index in [4.69, 9.17) is 5.73 Å². The molecule has 3 aromatic rings. The number of anilines is 1. The van der Waals surface area contributed by atoms with E-state index in [0.29, 0.717) is 17.4 Å². The third kappa shape index (κ3) is 3.97. The molecule has 0 saturated heterocycles. The SMILES string of the molecule is Cc1cc(-c2ccc3ncc(C(=O)C4CC4)c(NC4CCC(N)CC4)c3c2)cc(C)c1O. The summed E-state index contributed by atoms with van der Waals surface area (Å²) in [5.41, 5.74) is 12.4. The maximum absolute atomic E-state index is 13.1. The number of carbonyl (C=O) groups excluding carboxylic acids is 1. The summed E-state index contributed by atoms with van der Waals surface area (Å²) >= 11 is 0. The molecule has 0 radical (unpaired) electrons. The zero-order valence-electron chi connectivity index (χ0n) is 18.8. The first-order valence-corrected chi connectivity index (χ1v) is 11.7. The van der Waals surface area contributed by atoms with Crippen molar-refractivity contribution in [3.05, 3.63) is 53.2 Å². The Labute approximate surface area is 189 Å². The van der Waals surface area contributed by atoms with Crippen molar-refractivity contribution in [3.8, 4) is 16.9 Å². The van der Waals surface area contributed by atoms with Gasteiger partial charge in [0.25, 0.3) is 0 Å². The maximum atomic E-state index is 13.1. The van der Waals surface area contributed by atoms with E-state index in [1.54, 1.807) is 6.20 Å². The molecule has 5 heteroatoms. The topological polar surface area (TPSA) is 88.2 Å². The number of rotatable bonds is 5. The van der Waals surface area contributed by atoms with Gasteiger partial charge >= 0.3 is 0 Å². The molecule has 2 aromatic carbocycles. The number of phenols is 1. The number of carbonyl (C=O) groups is 1. The van der Waals surface area contributed by atoms with E-state index in [9.17, 15) is 9.90 Å². The molecule has 5 rings (SSSR count). The molecule has 1 heterocycles. The molecule has 2 saturated carbocycles. The maximum Gasteiger partial charge on any atom is 0.169 e. The predicted octanol–water partition coefficient (Wildman–Crippen LogP) is 5.50. The minimum Gasteiger partial charge on any atom is -0.507 e. The summed E-state index contributed by atoms with van der Waals surface area (Å²) in [6, 6.07) is 10.8. The van der Waals surface area contributed by atoms with Gasteiger partial charge in [-0.05, 0) is 98.9 Å². The molecule has 1 aromatic heterocycles. The lowest BCUT2D eigenvalue weighted by Crippen LogP contribution is -2.33. The van der Waals surface area contributed by atoms with Gasteiger partial charge in [-0.15, -0.1) is 0 Å². The summed E-state index contributed by atoms with van der Waals surface area (Å²) in [6.45, 7) is 3.84. The number of nitrogens with zero attached hydrogens (tertiary/aromatic N) is 1. The summed E-state index contributed by atoms with van der Waals surface area (Å²) in [5.74, 6) is 0.683. The highest BCUT2D eigenvalue weighted by Gasteiger charge is 2.33. The van der Waals surface area contributed by atoms with Gasteiger partial charge in [-0.3, -0.25) is 9.78 Å². The Morgan fingerprint density at radius 1 is 1.00 bits per heavy atom. The number of hydrogen-bond donors (Lipinski definition) is 3. The largest absolute Gasteiger partial charge is 0.507 e. The zero-order chi connectivity index (χ0) is 22.4. The Hall–Kier alpha value is -2.92. The van der Waals surface area contributed by atoms with Crippen molar-refractivity contribution in [1.82, 2.24) is 4.98 Å². The van der Waals surface area contributed by atoms with Gasteiger partial charge in [-0.2, -0.15) is 0 Å². The molecule has 0 spiro atoms. The van der Waals surface area contributed by atoms with Gasteiger partial charge in [0.1, 0.15) is 5.75 Å². The molecule has 0 atom stereocenters. The summed E-state index contributed by atoms with van der Waals surface area (Å²) in [4.78, 5) is 17.8. The van der Waals surface area contributed by atoms with Crippen molar-refractivity contribution >= 4 is 22.4 Å². The molecule has 2 aliphatic carbocycles. The molecule has 0 bridgehead atoms. The van der Waals surface area contributed by atoms with Crippen molar-refractivity contribution in [2.24, 2.45) is 11.7 Å². The van der Waals surface area contributed by atoms with E-state index in [1.807, 2.05) is 32.0 Å². The number of hydrogen-bond acceptors (Lipinski definition) is 5. The smallest absolute Gasteiger partial charge is 0.169 e. The minimum atomic E-state index is 0.139. The zero-order valence-corrected chi connectivity index (χ0v) is 18.8. The van der Waals surface area contributed by atoms with Crippen molar-refractivity contribution in [2.45, 2.75) is 64.5 Å². The highest BCUT2D eigenvalue weighted by atomic mass is 16.3. The normalized spacial score (nSPS) is 21.0. The van der Waals surface area contributed by atoms with E-state index in [1.165, 1.54) is 0 Å². The first-order chi connectivity index (χ1) is 15.4. The van der Waals surface area contributed by atoms with E-state index in [-0.39, 0.29) is 17.7 Å². The van der Waals surface area contributed by atoms with Crippen LogP contribution in [0.2, 0.25) is 0 Å². The molecular formula is C27H31N3O2. The Kier molecular flexibility index (Phi) is 5.38. The molecule has 0 unspecified atom stereocenters. The van der Waals surface area contributed by atoms with E-state index in [0.717, 1.165) is 77.4 Å². The van der Waals surface area contributed by atoms with Gasteiger partial charge in [-0.1, -0.05) is 6.07 Å². The van der Waals surface area contributed by atoms with E-state index in [2.05, 4.69) is 22.4 Å². The molecule has 4 N–H and O–H groups in total. The number of aromatic hydroxyl groups is 1. The fourth-order valence-electron chi connectivity index (χ4n) is 4.87. The Morgan fingerprint density at radius 3 is 2.34 bits per heavy atom. The number of fused-ring (bicyclic) bond motifs is 1. The molecular weight excluding hydrogens is 398 g/mol. The van der Waals surface area contributed by atoms with Crippen molar-refractivity contribution in [3.63, 3.8) is 0 Å². The molecule has 5 nitrogen and oxygen atoms in total. The number of pyridine rings is 1. The standard InChI is InChI=1S/C27H31N3O2/c1-15-11-19(12-16(2)26(15)31)18-5-10-24-22(13-18)25(30-21-8-6-20(28)7-9-21)23(14-29-24)27(32)17-3-4-17/h5,10-14,17,20-21,31H,3-4,6-9,28H2,1-2H3,(H,29,30). The van der Waals surface area contributed by atoms with Gasteiger partial charge < -0.3 is 16.2 Å². The number of aromatic nitrogens is 1. The molecule has 166 valence electrons. The van der Waals surface area contributed by atoms with E-state index < -0.39 is 0 Å². The molecule has 32 heavy (non-hydrogen) atoms. The summed E-state index contributed by atoms with van der Waals surface area (Å²) < 4.78 is 0. The van der Waals surface area contributed by atoms with Crippen molar-refractivity contribution in [1.29, 1.82) is 0 Å². The second kappa shape index (κ2) is 8.21. The quantitative estimate of drug-likeness (QED) is 0.466. The van der Waals surface area contributed by atoms with Gasteiger partial charge in [0.15, 0.2) is 5.78 Å². The Morgan fingerprint density at radius 2 is 1.69 bits per heavy atom. The van der Waals surface area contributed by atoms with Crippen LogP contribution in [0.5, 0.6) is 5.75 Å². The fourth-order valence-corrected chi connectivity index (χ4v) is 4.87. The van der Waals surface area contributed by atoms with Crippen molar-refractivity contribution < 1.29 is 9.90 Å². The van der Waals surface area contributed by atoms with Crippen LogP contribution in [-0.2, 0) is 0 Å². The summed E-state index contributed by atoms with van der Waals surface area (Å²) in [7, 11) is 0. The van der Waals surface area contributed by atoms with Crippen LogP contribution in [0, 0.1) is 19.8 Å². The van der Waals surface area contributed by atoms with Crippen LogP contribution in [0.15, 0.2) is 36.5 Å². The van der Waals surface area contributed by atoms with Gasteiger partial charge in [0.2, 0.25) is 0 Å². The number of aryl methyl sites for hydroxylation is 2. The van der Waals surface area contributed by atoms with Gasteiger partial charge in [0.05, 0.1) is 16.8 Å². The summed E-state index contributed by atoms with van der Waals surface area (Å²) in [5, 5.41) is 14.9. The van der Waals surface area contributed by atoms with Crippen LogP contribution in [-0.4, -0.2) is 28.0 Å². The van der Waals surface area contributed by atoms with Crippen LogP contribution in [0.25, 0.3) is 22.0 Å². The molecule has 0 aliphatic heterocycles. The first kappa shape index (κ1) is 21.0. The molecule has 0 amide bonds. The minimum absolute atomic E-state index is 0.139. The number of Topliss-reactive ketones (excluding diaryl/α,β-unsaturated/α-hetero) is 1. The highest BCUT2D eigenvalue weighted by molar-refractivity contribution is 6.10. The lowest BCUT2D eigenvalue weighted by Gasteiger charge is -2.29. The lowest BCUT2D eigenvalue weighted by atomic mass is 9.90. The van der Waals surface area contributed by atoms with Gasteiger partial charge in [-0.25, -0.2) is 0 Å². The number of nitrogens with one attached hydrogen (secondary N) is 1. The predicted molar refractivity (Wildman–Crippen MR) is 129 cm³/mol. The second-order valence-electron chi connectivity index (χ2n) is 9.63. The van der Waals surface area contributed by atoms with Gasteiger partial charge in [0, 0.05) is 29.6 Å². The van der Waals surface area contributed by atoms with Crippen molar-refractivity contribution in [2.75, 3.05) is 5.32 Å². The number of ketones is 1. The third-order valence-electron chi connectivity index (χ3n) is 7.03. The van der Waals surface area contributed by atoms with Crippen LogP contribution in [0.4, 0.5) is 5.69 Å². The monoisotopic (exact) mass is 429 g/mol. The fraction of sp³-hybridized carbons (Fsp3) is 0.407. The van der Waals surface area contributed by atoms with Crippen LogP contribution < -0.4 is 11.1 Å². The number of nitrogens with two attached hydrogens (primary N) is 1. The first-order valence-electron chi connectivity index (χ1n) is 11.7. The summed E-state index contributed by atoms with van der Waals surface area (Å²) in [6.07, 6.45) is 7.74. The Bertz CT molecular complexity index is 1170. The number of phenolic OH excluding ortho intramolecular Hbond substituents is 1.